The Morgan fingerprint density at radius 1 is 0.651 bits per heavy atom. The molecule has 0 fully saturated rings. The van der Waals surface area contributed by atoms with Gasteiger partial charge in [0.15, 0.2) is 17.5 Å². The molecule has 0 spiro atoms. The fraction of sp³-hybridized carbons (Fsp3) is 0.212. The second-order valence-electron chi connectivity index (χ2n) is 10.3. The largest absolute Gasteiger partial charge is 0.432 e. The third-order valence-corrected chi connectivity index (χ3v) is 7.54. The van der Waals surface area contributed by atoms with Crippen molar-refractivity contribution < 1.29 is 44.3 Å². The molecule has 4 aromatic carbocycles. The predicted molar refractivity (Wildman–Crippen MR) is 143 cm³/mol. The summed E-state index contributed by atoms with van der Waals surface area (Å²) in [7, 11) is 0. The summed E-state index contributed by atoms with van der Waals surface area (Å²) in [6.07, 6.45) is 2.20. The van der Waals surface area contributed by atoms with Gasteiger partial charge in [0.05, 0.1) is 0 Å². The van der Waals surface area contributed by atoms with Gasteiger partial charge in [0.25, 0.3) is 0 Å². The van der Waals surface area contributed by atoms with Gasteiger partial charge >= 0.3 is 6.11 Å². The molecule has 0 N–H and O–H groups in total. The molecule has 4 aromatic rings. The van der Waals surface area contributed by atoms with Crippen LogP contribution >= 0.6 is 0 Å². The van der Waals surface area contributed by atoms with Gasteiger partial charge in [-0.1, -0.05) is 31.2 Å². The van der Waals surface area contributed by atoms with Crippen LogP contribution < -0.4 is 4.74 Å². The van der Waals surface area contributed by atoms with E-state index in [1.165, 1.54) is 12.1 Å². The minimum atomic E-state index is -4.65. The first-order chi connectivity index (χ1) is 20.4. The van der Waals surface area contributed by atoms with E-state index in [4.69, 9.17) is 0 Å². The quantitative estimate of drug-likeness (QED) is 0.116. The Bertz CT molecular complexity index is 1670. The number of allylic oxidation sites excluding steroid dienone is 2. The summed E-state index contributed by atoms with van der Waals surface area (Å²) < 4.78 is 134. The molecule has 0 saturated carbocycles. The number of benzene rings is 4. The van der Waals surface area contributed by atoms with Gasteiger partial charge in [-0.25, -0.2) is 30.7 Å². The van der Waals surface area contributed by atoms with E-state index in [0.717, 1.165) is 31.4 Å². The van der Waals surface area contributed by atoms with Crippen LogP contribution in [0, 0.1) is 46.6 Å². The monoisotopic (exact) mass is 606 g/mol. The highest BCUT2D eigenvalue weighted by Gasteiger charge is 2.41. The Morgan fingerprint density at radius 3 is 1.72 bits per heavy atom. The summed E-state index contributed by atoms with van der Waals surface area (Å²) in [6.45, 7) is 2.08. The Morgan fingerprint density at radius 2 is 1.21 bits per heavy atom. The summed E-state index contributed by atoms with van der Waals surface area (Å²) in [5.41, 5.74) is -2.54. The van der Waals surface area contributed by atoms with Gasteiger partial charge in [-0.3, -0.25) is 0 Å². The molecule has 0 aliphatic heterocycles. The van der Waals surface area contributed by atoms with Crippen LogP contribution in [0.5, 0.6) is 5.75 Å². The van der Waals surface area contributed by atoms with E-state index >= 15 is 4.39 Å². The molecule has 0 aromatic heterocycles. The predicted octanol–water partition coefficient (Wildman–Crippen LogP) is 10.6. The third kappa shape index (κ3) is 6.14. The average Bonchev–Trinajstić information content (AvgIpc) is 2.95. The maximum absolute atomic E-state index is 15.0. The normalized spacial score (nSPS) is 16.9. The lowest BCUT2D eigenvalue weighted by molar-refractivity contribution is -0.189. The zero-order chi connectivity index (χ0) is 31.1. The first-order valence-electron chi connectivity index (χ1n) is 13.4. The highest BCUT2D eigenvalue weighted by molar-refractivity contribution is 5.66. The van der Waals surface area contributed by atoms with Crippen LogP contribution in [-0.4, -0.2) is 0 Å². The van der Waals surface area contributed by atoms with Crippen molar-refractivity contribution in [2.45, 2.75) is 38.2 Å². The van der Waals surface area contributed by atoms with Crippen molar-refractivity contribution in [3.8, 4) is 28.0 Å². The molecule has 10 heteroatoms. The zero-order valence-electron chi connectivity index (χ0n) is 22.5. The van der Waals surface area contributed by atoms with Crippen molar-refractivity contribution in [2.24, 2.45) is 5.92 Å². The Kier molecular flexibility index (Phi) is 8.31. The molecular weight excluding hydrogens is 583 g/mol. The van der Waals surface area contributed by atoms with Gasteiger partial charge in [0, 0.05) is 23.1 Å². The van der Waals surface area contributed by atoms with E-state index in [1.54, 1.807) is 6.07 Å². The van der Waals surface area contributed by atoms with Crippen molar-refractivity contribution in [3.63, 3.8) is 0 Å². The molecule has 1 aliphatic carbocycles. The molecule has 0 bridgehead atoms. The van der Waals surface area contributed by atoms with E-state index in [0.29, 0.717) is 41.8 Å². The van der Waals surface area contributed by atoms with Crippen LogP contribution in [0.2, 0.25) is 0 Å². The first-order valence-corrected chi connectivity index (χ1v) is 13.4. The third-order valence-electron chi connectivity index (χ3n) is 7.54. The Balaban J connectivity index is 1.38. The summed E-state index contributed by atoms with van der Waals surface area (Å²) in [6, 6.07) is 8.30. The minimum Gasteiger partial charge on any atom is -0.429 e. The van der Waals surface area contributed by atoms with Crippen LogP contribution in [0.25, 0.3) is 22.3 Å². The molecular formula is C33H23F9O. The highest BCUT2D eigenvalue weighted by Crippen LogP contribution is 2.39. The van der Waals surface area contributed by atoms with Gasteiger partial charge in [-0.05, 0) is 84.3 Å². The molecule has 1 aliphatic rings. The van der Waals surface area contributed by atoms with Gasteiger partial charge in [-0.15, -0.1) is 0 Å². The van der Waals surface area contributed by atoms with Gasteiger partial charge in [-0.2, -0.15) is 8.78 Å². The number of hydrogen-bond acceptors (Lipinski definition) is 1. The Labute approximate surface area is 241 Å². The fourth-order valence-corrected chi connectivity index (χ4v) is 5.20. The summed E-state index contributed by atoms with van der Waals surface area (Å²) in [4.78, 5) is 0. The van der Waals surface area contributed by atoms with E-state index < -0.39 is 69.3 Å². The number of ether oxygens (including phenoxy) is 1. The molecule has 0 saturated heterocycles. The minimum absolute atomic E-state index is 0.0186. The molecule has 43 heavy (non-hydrogen) atoms. The lowest BCUT2D eigenvalue weighted by Crippen LogP contribution is -2.25. The standard InChI is InChI=1S/C33H23F9O/c1-2-17-3-5-18(6-4-17)19-7-9-23(25(34)11-19)20-12-27(36)31(28(37)13-20)33(41,42)43-22-8-10-24(26(35)16-22)21-14-29(38)32(40)30(39)15-21/h3,5,7-18H,2,4,6H2,1H3. The lowest BCUT2D eigenvalue weighted by atomic mass is 9.83. The topological polar surface area (TPSA) is 9.23 Å². The van der Waals surface area contributed by atoms with E-state index in [1.807, 2.05) is 6.08 Å². The molecule has 5 rings (SSSR count). The molecule has 0 heterocycles. The number of halogens is 9. The molecule has 1 nitrogen and oxygen atoms in total. The maximum Gasteiger partial charge on any atom is 0.432 e. The summed E-state index contributed by atoms with van der Waals surface area (Å²) >= 11 is 0. The molecule has 0 amide bonds. The highest BCUT2D eigenvalue weighted by atomic mass is 19.3. The number of alkyl halides is 2. The van der Waals surface area contributed by atoms with Crippen LogP contribution in [0.15, 0.2) is 72.8 Å². The SMILES string of the molecule is CCC1C=CC(c2ccc(-c3cc(F)c(C(F)(F)Oc4ccc(-c5cc(F)c(F)c(F)c5)c(F)c4)c(F)c3)c(F)c2)CC1. The van der Waals surface area contributed by atoms with Gasteiger partial charge in [0.2, 0.25) is 0 Å². The average molecular weight is 607 g/mol. The van der Waals surface area contributed by atoms with Crippen LogP contribution in [0.1, 0.15) is 43.2 Å². The fourth-order valence-electron chi connectivity index (χ4n) is 5.20. The van der Waals surface area contributed by atoms with Crippen molar-refractivity contribution in [2.75, 3.05) is 0 Å². The van der Waals surface area contributed by atoms with Crippen LogP contribution in [0.3, 0.4) is 0 Å². The van der Waals surface area contributed by atoms with Crippen molar-refractivity contribution in [1.82, 2.24) is 0 Å². The van der Waals surface area contributed by atoms with Crippen LogP contribution in [-0.2, 0) is 6.11 Å². The smallest absolute Gasteiger partial charge is 0.429 e. The number of rotatable bonds is 7. The van der Waals surface area contributed by atoms with E-state index in [9.17, 15) is 35.1 Å². The van der Waals surface area contributed by atoms with Crippen molar-refractivity contribution >= 4 is 0 Å². The Hall–Kier alpha value is -4.21. The van der Waals surface area contributed by atoms with E-state index in [2.05, 4.69) is 17.7 Å². The van der Waals surface area contributed by atoms with Gasteiger partial charge in [0.1, 0.15) is 34.6 Å². The molecule has 224 valence electrons. The van der Waals surface area contributed by atoms with Crippen LogP contribution in [0.4, 0.5) is 39.5 Å². The summed E-state index contributed by atoms with van der Waals surface area (Å²) in [5, 5.41) is 0. The van der Waals surface area contributed by atoms with Crippen molar-refractivity contribution in [1.29, 1.82) is 0 Å². The van der Waals surface area contributed by atoms with Crippen molar-refractivity contribution in [3.05, 3.63) is 125 Å². The van der Waals surface area contributed by atoms with E-state index in [-0.39, 0.29) is 17.0 Å². The second kappa shape index (κ2) is 11.8. The summed E-state index contributed by atoms with van der Waals surface area (Å²) in [5.74, 6) is -11.0. The first kappa shape index (κ1) is 30.3. The zero-order valence-corrected chi connectivity index (χ0v) is 22.5. The maximum atomic E-state index is 15.0. The molecule has 2 atom stereocenters. The molecule has 2 unspecified atom stereocenters. The second-order valence-corrected chi connectivity index (χ2v) is 10.3. The lowest BCUT2D eigenvalue weighted by Gasteiger charge is -2.23. The number of hydrogen-bond donors (Lipinski definition) is 0. The molecule has 0 radical (unpaired) electrons. The van der Waals surface area contributed by atoms with Gasteiger partial charge < -0.3 is 4.74 Å².